The van der Waals surface area contributed by atoms with E-state index in [0.717, 1.165) is 5.56 Å². The standard InChI is InChI=1S/C17H18FN3O2S/c18-14-3-1-12(2-4-14)11-15(22)21-8-5-13(6-9-21)16(23)20-17-19-7-10-24-17/h1-4,7,10,13H,5-6,8-9,11H2,(H,19,20,23). The Hall–Kier alpha value is -2.28. The second kappa shape index (κ2) is 7.53. The van der Waals surface area contributed by atoms with Gasteiger partial charge in [0.05, 0.1) is 6.42 Å². The fourth-order valence-electron chi connectivity index (χ4n) is 2.77. The molecule has 1 fully saturated rings. The van der Waals surface area contributed by atoms with E-state index in [-0.39, 0.29) is 30.0 Å². The van der Waals surface area contributed by atoms with Crippen LogP contribution in [0.15, 0.2) is 35.8 Å². The number of hydrogen-bond donors (Lipinski definition) is 1. The monoisotopic (exact) mass is 347 g/mol. The molecule has 5 nitrogen and oxygen atoms in total. The Labute approximate surface area is 143 Å². The van der Waals surface area contributed by atoms with E-state index >= 15 is 0 Å². The second-order valence-corrected chi connectivity index (χ2v) is 6.68. The van der Waals surface area contributed by atoms with Crippen molar-refractivity contribution in [2.75, 3.05) is 18.4 Å². The SMILES string of the molecule is O=C(Nc1nccs1)C1CCN(C(=O)Cc2ccc(F)cc2)CC1. The van der Waals surface area contributed by atoms with Gasteiger partial charge < -0.3 is 10.2 Å². The van der Waals surface area contributed by atoms with Gasteiger partial charge in [0.1, 0.15) is 5.82 Å². The van der Waals surface area contributed by atoms with Gasteiger partial charge in [-0.25, -0.2) is 9.37 Å². The maximum Gasteiger partial charge on any atom is 0.229 e. The summed E-state index contributed by atoms with van der Waals surface area (Å²) in [4.78, 5) is 30.3. The summed E-state index contributed by atoms with van der Waals surface area (Å²) in [5.74, 6) is -0.419. The number of anilines is 1. The summed E-state index contributed by atoms with van der Waals surface area (Å²) >= 11 is 1.39. The Morgan fingerprint density at radius 1 is 1.25 bits per heavy atom. The zero-order chi connectivity index (χ0) is 16.9. The average Bonchev–Trinajstić information content (AvgIpc) is 3.10. The number of halogens is 1. The molecule has 24 heavy (non-hydrogen) atoms. The molecule has 0 atom stereocenters. The van der Waals surface area contributed by atoms with Crippen LogP contribution >= 0.6 is 11.3 Å². The molecule has 3 rings (SSSR count). The normalized spacial score (nSPS) is 15.3. The lowest BCUT2D eigenvalue weighted by atomic mass is 9.95. The first-order chi connectivity index (χ1) is 11.6. The number of aromatic nitrogens is 1. The molecule has 0 spiro atoms. The third-order valence-electron chi connectivity index (χ3n) is 4.15. The molecule has 1 aliphatic heterocycles. The zero-order valence-corrected chi connectivity index (χ0v) is 13.9. The summed E-state index contributed by atoms with van der Waals surface area (Å²) in [6.45, 7) is 1.13. The van der Waals surface area contributed by atoms with Gasteiger partial charge in [0, 0.05) is 30.6 Å². The molecule has 1 saturated heterocycles. The van der Waals surface area contributed by atoms with Crippen molar-refractivity contribution in [1.82, 2.24) is 9.88 Å². The van der Waals surface area contributed by atoms with Crippen molar-refractivity contribution >= 4 is 28.3 Å². The minimum atomic E-state index is -0.307. The summed E-state index contributed by atoms with van der Waals surface area (Å²) in [5.41, 5.74) is 0.796. The lowest BCUT2D eigenvalue weighted by molar-refractivity contribution is -0.133. The Balaban J connectivity index is 1.48. The number of piperidine rings is 1. The van der Waals surface area contributed by atoms with Gasteiger partial charge in [0.25, 0.3) is 0 Å². The lowest BCUT2D eigenvalue weighted by Gasteiger charge is -2.31. The third-order valence-corrected chi connectivity index (χ3v) is 4.84. The van der Waals surface area contributed by atoms with Crippen LogP contribution in [0.1, 0.15) is 18.4 Å². The van der Waals surface area contributed by atoms with Gasteiger partial charge in [0.2, 0.25) is 11.8 Å². The van der Waals surface area contributed by atoms with Crippen molar-refractivity contribution in [2.24, 2.45) is 5.92 Å². The maximum atomic E-state index is 12.9. The smallest absolute Gasteiger partial charge is 0.229 e. The van der Waals surface area contributed by atoms with Crippen molar-refractivity contribution in [3.63, 3.8) is 0 Å². The van der Waals surface area contributed by atoms with Gasteiger partial charge in [-0.05, 0) is 30.5 Å². The lowest BCUT2D eigenvalue weighted by Crippen LogP contribution is -2.42. The Morgan fingerprint density at radius 2 is 1.96 bits per heavy atom. The number of nitrogens with zero attached hydrogens (tertiary/aromatic N) is 2. The van der Waals surface area contributed by atoms with Crippen LogP contribution in [0.4, 0.5) is 9.52 Å². The third kappa shape index (κ3) is 4.17. The molecule has 2 aromatic rings. The first-order valence-electron chi connectivity index (χ1n) is 7.84. The fourth-order valence-corrected chi connectivity index (χ4v) is 3.30. The number of carbonyl (C=O) groups is 2. The Morgan fingerprint density at radius 3 is 2.58 bits per heavy atom. The van der Waals surface area contributed by atoms with Gasteiger partial charge in [-0.1, -0.05) is 12.1 Å². The molecule has 0 bridgehead atoms. The molecule has 0 radical (unpaired) electrons. The maximum absolute atomic E-state index is 12.9. The van der Waals surface area contributed by atoms with Crippen molar-refractivity contribution in [1.29, 1.82) is 0 Å². The van der Waals surface area contributed by atoms with Crippen LogP contribution in [0, 0.1) is 11.7 Å². The van der Waals surface area contributed by atoms with E-state index in [1.807, 2.05) is 5.38 Å². The number of likely N-dealkylation sites (tertiary alicyclic amines) is 1. The summed E-state index contributed by atoms with van der Waals surface area (Å²) in [6, 6.07) is 5.97. The van der Waals surface area contributed by atoms with Crippen LogP contribution in [0.5, 0.6) is 0 Å². The molecular formula is C17H18FN3O2S. The van der Waals surface area contributed by atoms with E-state index in [4.69, 9.17) is 0 Å². The van der Waals surface area contributed by atoms with E-state index in [1.54, 1.807) is 23.2 Å². The molecule has 7 heteroatoms. The molecule has 0 saturated carbocycles. The van der Waals surface area contributed by atoms with Crippen LogP contribution in [0.25, 0.3) is 0 Å². The summed E-state index contributed by atoms with van der Waals surface area (Å²) < 4.78 is 12.9. The van der Waals surface area contributed by atoms with Crippen LogP contribution in [0.2, 0.25) is 0 Å². The minimum Gasteiger partial charge on any atom is -0.342 e. The molecule has 1 N–H and O–H groups in total. The Kier molecular flexibility index (Phi) is 5.20. The highest BCUT2D eigenvalue weighted by Gasteiger charge is 2.27. The highest BCUT2D eigenvalue weighted by molar-refractivity contribution is 7.13. The number of rotatable bonds is 4. The molecule has 1 aromatic heterocycles. The number of benzene rings is 1. The van der Waals surface area contributed by atoms with Gasteiger partial charge >= 0.3 is 0 Å². The van der Waals surface area contributed by atoms with E-state index in [9.17, 15) is 14.0 Å². The first kappa shape index (κ1) is 16.6. The minimum absolute atomic E-state index is 0.0142. The van der Waals surface area contributed by atoms with Gasteiger partial charge in [-0.15, -0.1) is 11.3 Å². The van der Waals surface area contributed by atoms with E-state index in [0.29, 0.717) is 31.1 Å². The van der Waals surface area contributed by atoms with E-state index < -0.39 is 0 Å². The zero-order valence-electron chi connectivity index (χ0n) is 13.1. The number of nitrogens with one attached hydrogen (secondary N) is 1. The number of amides is 2. The summed E-state index contributed by atoms with van der Waals surface area (Å²) in [6.07, 6.45) is 3.20. The highest BCUT2D eigenvalue weighted by Crippen LogP contribution is 2.21. The quantitative estimate of drug-likeness (QED) is 0.925. The predicted octanol–water partition coefficient (Wildman–Crippen LogP) is 2.70. The predicted molar refractivity (Wildman–Crippen MR) is 90.2 cm³/mol. The largest absolute Gasteiger partial charge is 0.342 e. The molecular weight excluding hydrogens is 329 g/mol. The molecule has 1 aromatic carbocycles. The number of thiazole rings is 1. The molecule has 0 unspecified atom stereocenters. The van der Waals surface area contributed by atoms with Crippen LogP contribution in [-0.2, 0) is 16.0 Å². The highest BCUT2D eigenvalue weighted by atomic mass is 32.1. The van der Waals surface area contributed by atoms with E-state index in [1.165, 1.54) is 23.5 Å². The van der Waals surface area contributed by atoms with Crippen LogP contribution < -0.4 is 5.32 Å². The van der Waals surface area contributed by atoms with Crippen LogP contribution in [0.3, 0.4) is 0 Å². The van der Waals surface area contributed by atoms with E-state index in [2.05, 4.69) is 10.3 Å². The average molecular weight is 347 g/mol. The van der Waals surface area contributed by atoms with Gasteiger partial charge in [-0.3, -0.25) is 9.59 Å². The van der Waals surface area contributed by atoms with Gasteiger partial charge in [0.15, 0.2) is 5.13 Å². The van der Waals surface area contributed by atoms with Crippen molar-refractivity contribution in [2.45, 2.75) is 19.3 Å². The molecule has 126 valence electrons. The fraction of sp³-hybridized carbons (Fsp3) is 0.353. The molecule has 1 aliphatic rings. The van der Waals surface area contributed by atoms with Crippen molar-refractivity contribution in [3.8, 4) is 0 Å². The molecule has 0 aliphatic carbocycles. The van der Waals surface area contributed by atoms with Crippen LogP contribution in [-0.4, -0.2) is 34.8 Å². The van der Waals surface area contributed by atoms with Crippen molar-refractivity contribution in [3.05, 3.63) is 47.2 Å². The Bertz CT molecular complexity index is 695. The summed E-state index contributed by atoms with van der Waals surface area (Å²) in [5, 5.41) is 5.23. The number of hydrogen-bond acceptors (Lipinski definition) is 4. The molecule has 2 heterocycles. The van der Waals surface area contributed by atoms with Gasteiger partial charge in [-0.2, -0.15) is 0 Å². The summed E-state index contributed by atoms with van der Waals surface area (Å²) in [7, 11) is 0. The molecule has 2 amide bonds. The topological polar surface area (TPSA) is 62.3 Å². The first-order valence-corrected chi connectivity index (χ1v) is 8.72. The van der Waals surface area contributed by atoms with Crippen molar-refractivity contribution < 1.29 is 14.0 Å². The second-order valence-electron chi connectivity index (χ2n) is 5.78. The number of carbonyl (C=O) groups excluding carboxylic acids is 2.